The maximum Gasteiger partial charge on any atom is 0.416 e. The summed E-state index contributed by atoms with van der Waals surface area (Å²) in [4.78, 5) is 17.1. The minimum Gasteiger partial charge on any atom is -0.388 e. The first-order valence-electron chi connectivity index (χ1n) is 10.2. The normalized spacial score (nSPS) is 12.8. The Morgan fingerprint density at radius 3 is 2.39 bits per heavy atom. The molecule has 0 unspecified atom stereocenters. The van der Waals surface area contributed by atoms with Gasteiger partial charge in [-0.3, -0.25) is 4.57 Å². The van der Waals surface area contributed by atoms with Gasteiger partial charge in [0.05, 0.1) is 17.3 Å². The molecule has 0 spiro atoms. The lowest BCUT2D eigenvalue weighted by atomic mass is 10.2. The Morgan fingerprint density at radius 1 is 1.06 bits per heavy atom. The number of aromatic nitrogens is 6. The lowest BCUT2D eigenvalue weighted by Gasteiger charge is -2.15. The van der Waals surface area contributed by atoms with Crippen LogP contribution in [-0.2, 0) is 19.7 Å². The molecule has 9 nitrogen and oxygen atoms in total. The van der Waals surface area contributed by atoms with Gasteiger partial charge in [-0.05, 0) is 36.4 Å². The topological polar surface area (TPSA) is 111 Å². The molecule has 0 saturated heterocycles. The van der Waals surface area contributed by atoms with Crippen LogP contribution in [0, 0.1) is 5.82 Å². The second-order valence-electron chi connectivity index (χ2n) is 7.55. The van der Waals surface area contributed by atoms with Gasteiger partial charge in [0.25, 0.3) is 0 Å². The van der Waals surface area contributed by atoms with E-state index in [1.165, 1.54) is 30.3 Å². The predicted octanol–water partition coefficient (Wildman–Crippen LogP) is 3.20. The summed E-state index contributed by atoms with van der Waals surface area (Å²) in [7, 11) is 0. The zero-order valence-electron chi connectivity index (χ0n) is 18.0. The van der Waals surface area contributed by atoms with E-state index in [9.17, 15) is 32.6 Å². The average molecular weight is 547 g/mol. The van der Waals surface area contributed by atoms with Crippen LogP contribution in [0.1, 0.15) is 11.6 Å². The van der Waals surface area contributed by atoms with Crippen LogP contribution in [0.5, 0.6) is 0 Å². The summed E-state index contributed by atoms with van der Waals surface area (Å²) < 4.78 is 55.4. The molecule has 2 aromatic carbocycles. The van der Waals surface area contributed by atoms with E-state index in [4.69, 9.17) is 23.2 Å². The molecule has 0 fully saturated rings. The van der Waals surface area contributed by atoms with E-state index in [1.54, 1.807) is 0 Å². The van der Waals surface area contributed by atoms with Gasteiger partial charge >= 0.3 is 11.9 Å². The fourth-order valence-corrected chi connectivity index (χ4v) is 3.66. The number of hydrogen-bond donors (Lipinski definition) is 2. The van der Waals surface area contributed by atoms with Crippen molar-refractivity contribution < 1.29 is 27.8 Å². The molecule has 4 rings (SSSR count). The van der Waals surface area contributed by atoms with Gasteiger partial charge in [0.1, 0.15) is 19.0 Å². The van der Waals surface area contributed by atoms with Gasteiger partial charge in [0.15, 0.2) is 23.6 Å². The van der Waals surface area contributed by atoms with Crippen LogP contribution >= 0.6 is 23.2 Å². The highest BCUT2D eigenvalue weighted by Gasteiger charge is 2.39. The molecule has 2 heterocycles. The molecule has 2 aromatic heterocycles. The number of hydrogen-bond acceptors (Lipinski definition) is 6. The molecular formula is C21H16Cl2F4N6O3. The second-order valence-corrected chi connectivity index (χ2v) is 8.39. The fourth-order valence-electron chi connectivity index (χ4n) is 3.33. The maximum absolute atomic E-state index is 13.7. The summed E-state index contributed by atoms with van der Waals surface area (Å²) in [6, 6.07) is 9.31. The predicted molar refractivity (Wildman–Crippen MR) is 120 cm³/mol. The Morgan fingerprint density at radius 2 is 1.75 bits per heavy atom. The molecule has 4 aromatic rings. The molecule has 0 aliphatic rings. The first-order chi connectivity index (χ1) is 17.0. The summed E-state index contributed by atoms with van der Waals surface area (Å²) in [6.07, 6.45) is -7.80. The smallest absolute Gasteiger partial charge is 0.388 e. The minimum absolute atomic E-state index is 0.0320. The number of aliphatic hydroxyl groups is 2. The van der Waals surface area contributed by atoms with Crippen molar-refractivity contribution in [1.82, 2.24) is 29.1 Å². The molecule has 0 saturated carbocycles. The van der Waals surface area contributed by atoms with Crippen LogP contribution in [0.3, 0.4) is 0 Å². The number of halogens is 6. The average Bonchev–Trinajstić information content (AvgIpc) is 3.37. The molecule has 1 atom stereocenters. The Bertz CT molecular complexity index is 1450. The minimum atomic E-state index is -4.97. The third-order valence-electron chi connectivity index (χ3n) is 5.05. The number of nitrogens with zero attached hydrogens (tertiary/aromatic N) is 6. The standard InChI is InChI=1S/C21H16Cl2F4N6O3/c22-12-3-1-11(2-4-12)19-30-32(20(36)31(19)8-16(35)21(25,26)27)9-17-28-18(10-34)33(29-17)15-7-13(24)5-6-14(15)23/h1-7,16,34-35H,8-10H2/t16-/m0/s1. The van der Waals surface area contributed by atoms with E-state index >= 15 is 0 Å². The quantitative estimate of drug-likeness (QED) is 0.344. The third-order valence-corrected chi connectivity index (χ3v) is 5.62. The van der Waals surface area contributed by atoms with Gasteiger partial charge in [0.2, 0.25) is 0 Å². The molecule has 0 aliphatic heterocycles. The van der Waals surface area contributed by atoms with E-state index < -0.39 is 43.5 Å². The van der Waals surface area contributed by atoms with Gasteiger partial charge in [0, 0.05) is 16.7 Å². The van der Waals surface area contributed by atoms with Crippen LogP contribution < -0.4 is 5.69 Å². The number of benzene rings is 2. The summed E-state index contributed by atoms with van der Waals surface area (Å²) in [5.74, 6) is -0.878. The first kappa shape index (κ1) is 25.8. The van der Waals surface area contributed by atoms with Crippen molar-refractivity contribution in [2.45, 2.75) is 32.0 Å². The maximum atomic E-state index is 13.7. The van der Waals surface area contributed by atoms with E-state index in [1.807, 2.05) is 0 Å². The summed E-state index contributed by atoms with van der Waals surface area (Å²) in [6.45, 7) is -2.14. The van der Waals surface area contributed by atoms with Crippen molar-refractivity contribution in [3.63, 3.8) is 0 Å². The molecule has 15 heteroatoms. The van der Waals surface area contributed by atoms with Crippen LogP contribution in [0.4, 0.5) is 17.6 Å². The molecular weight excluding hydrogens is 531 g/mol. The lowest BCUT2D eigenvalue weighted by Crippen LogP contribution is -2.37. The van der Waals surface area contributed by atoms with Crippen LogP contribution in [0.25, 0.3) is 17.1 Å². The summed E-state index contributed by atoms with van der Waals surface area (Å²) in [5, 5.41) is 28.0. The van der Waals surface area contributed by atoms with Crippen molar-refractivity contribution in [3.05, 3.63) is 80.5 Å². The number of rotatable bonds is 7. The molecule has 190 valence electrons. The molecule has 36 heavy (non-hydrogen) atoms. The lowest BCUT2D eigenvalue weighted by molar-refractivity contribution is -0.207. The van der Waals surface area contributed by atoms with Crippen LogP contribution in [0.15, 0.2) is 47.3 Å². The highest BCUT2D eigenvalue weighted by Crippen LogP contribution is 2.25. The zero-order valence-corrected chi connectivity index (χ0v) is 19.5. The van der Waals surface area contributed by atoms with Crippen molar-refractivity contribution in [2.75, 3.05) is 0 Å². The van der Waals surface area contributed by atoms with E-state index in [2.05, 4.69) is 15.2 Å². The monoisotopic (exact) mass is 546 g/mol. The second kappa shape index (κ2) is 10.0. The summed E-state index contributed by atoms with van der Waals surface area (Å²) in [5.41, 5.74) is -0.632. The molecule has 2 N–H and O–H groups in total. The Balaban J connectivity index is 1.76. The molecule has 0 radical (unpaired) electrons. The van der Waals surface area contributed by atoms with E-state index in [0.717, 1.165) is 21.5 Å². The van der Waals surface area contributed by atoms with Gasteiger partial charge in [-0.1, -0.05) is 23.2 Å². The Labute approximate surface area is 209 Å². The van der Waals surface area contributed by atoms with Gasteiger partial charge in [-0.15, -0.1) is 10.2 Å². The Hall–Kier alpha value is -3.26. The molecule has 0 aliphatic carbocycles. The van der Waals surface area contributed by atoms with Crippen LogP contribution in [-0.4, -0.2) is 51.6 Å². The van der Waals surface area contributed by atoms with Crippen LogP contribution in [0.2, 0.25) is 10.0 Å². The number of alkyl halides is 3. The largest absolute Gasteiger partial charge is 0.416 e. The molecule has 0 amide bonds. The SMILES string of the molecule is O=c1n(Cc2nc(CO)n(-c3cc(F)ccc3Cl)n2)nc(-c2ccc(Cl)cc2)n1C[C@H](O)C(F)(F)F. The highest BCUT2D eigenvalue weighted by atomic mass is 35.5. The van der Waals surface area contributed by atoms with Crippen molar-refractivity contribution in [3.8, 4) is 17.1 Å². The first-order valence-corrected chi connectivity index (χ1v) is 10.9. The highest BCUT2D eigenvalue weighted by molar-refractivity contribution is 6.32. The van der Waals surface area contributed by atoms with Crippen molar-refractivity contribution in [2.24, 2.45) is 0 Å². The summed E-state index contributed by atoms with van der Waals surface area (Å²) >= 11 is 12.0. The Kier molecular flexibility index (Phi) is 7.18. The van der Waals surface area contributed by atoms with Crippen molar-refractivity contribution >= 4 is 23.2 Å². The van der Waals surface area contributed by atoms with Gasteiger partial charge in [-0.2, -0.15) is 13.2 Å². The van der Waals surface area contributed by atoms with Crippen molar-refractivity contribution in [1.29, 1.82) is 0 Å². The number of aliphatic hydroxyl groups excluding tert-OH is 2. The zero-order chi connectivity index (χ0) is 26.2. The fraction of sp³-hybridized carbons (Fsp3) is 0.238. The van der Waals surface area contributed by atoms with E-state index in [0.29, 0.717) is 9.59 Å². The molecule has 0 bridgehead atoms. The van der Waals surface area contributed by atoms with Gasteiger partial charge < -0.3 is 10.2 Å². The van der Waals surface area contributed by atoms with E-state index in [-0.39, 0.29) is 33.7 Å². The third kappa shape index (κ3) is 5.28. The van der Waals surface area contributed by atoms with Gasteiger partial charge in [-0.25, -0.2) is 23.5 Å².